The molecule has 9 heteroatoms. The molecular formula is C25H33N3O5S. The molecule has 0 unspecified atom stereocenters. The topological polar surface area (TPSA) is 117 Å². The first-order valence-corrected chi connectivity index (χ1v) is 13.0. The fourth-order valence-electron chi connectivity index (χ4n) is 4.55. The lowest BCUT2D eigenvalue weighted by molar-refractivity contribution is 0.0948. The number of carboxylic acid groups (broad SMARTS) is 1. The third-order valence-electron chi connectivity index (χ3n) is 6.14. The van der Waals surface area contributed by atoms with Gasteiger partial charge < -0.3 is 10.4 Å². The first-order chi connectivity index (χ1) is 15.8. The van der Waals surface area contributed by atoms with Crippen LogP contribution in [0.5, 0.6) is 0 Å². The number of carbonyl (C=O) groups excluding carboxylic acids is 1. The van der Waals surface area contributed by atoms with Crippen molar-refractivity contribution in [1.29, 1.82) is 0 Å². The van der Waals surface area contributed by atoms with E-state index in [0.29, 0.717) is 11.3 Å². The van der Waals surface area contributed by atoms with Gasteiger partial charge in [0.1, 0.15) is 0 Å². The lowest BCUT2D eigenvalue weighted by Gasteiger charge is -2.26. The maximum atomic E-state index is 13.2. The molecule has 1 aliphatic heterocycles. The number of nitrogens with one attached hydrogen (secondary N) is 1. The van der Waals surface area contributed by atoms with Crippen LogP contribution in [0, 0.1) is 5.92 Å². The van der Waals surface area contributed by atoms with Crippen LogP contribution in [0.3, 0.4) is 0 Å². The van der Waals surface area contributed by atoms with Crippen molar-refractivity contribution in [2.45, 2.75) is 71.0 Å². The maximum absolute atomic E-state index is 13.2. The second-order valence-electron chi connectivity index (χ2n) is 9.99. The number of pyridine rings is 1. The Kier molecular flexibility index (Phi) is 7.07. The highest BCUT2D eigenvalue weighted by atomic mass is 32.2. The number of hydrogen-bond acceptors (Lipinski definition) is 5. The van der Waals surface area contributed by atoms with Gasteiger partial charge in [0, 0.05) is 12.7 Å². The van der Waals surface area contributed by atoms with Gasteiger partial charge in [-0.05, 0) is 40.2 Å². The summed E-state index contributed by atoms with van der Waals surface area (Å²) in [5.74, 6) is -0.238. The SMILES string of the molecule is CCS(=O)(=O)c1ccc(CNC(=O)c2cnc3c(c2C(C)(C)C)CN(C(=O)O)[C@H]3C(C)C)cc1. The monoisotopic (exact) mass is 487 g/mol. The van der Waals surface area contributed by atoms with E-state index >= 15 is 0 Å². The van der Waals surface area contributed by atoms with E-state index in [0.717, 1.165) is 16.7 Å². The van der Waals surface area contributed by atoms with Crippen molar-refractivity contribution in [1.82, 2.24) is 15.2 Å². The van der Waals surface area contributed by atoms with Crippen LogP contribution >= 0.6 is 0 Å². The Hall–Kier alpha value is -2.94. The zero-order chi connectivity index (χ0) is 25.4. The minimum atomic E-state index is -3.28. The van der Waals surface area contributed by atoms with Gasteiger partial charge in [-0.2, -0.15) is 0 Å². The minimum absolute atomic E-state index is 0.0287. The van der Waals surface area contributed by atoms with Crippen LogP contribution < -0.4 is 5.32 Å². The number of aromatic nitrogens is 1. The Morgan fingerprint density at radius 1 is 1.21 bits per heavy atom. The fraction of sp³-hybridized carbons (Fsp3) is 0.480. The molecule has 1 aromatic carbocycles. The molecule has 2 N–H and O–H groups in total. The normalized spacial score (nSPS) is 16.0. The smallest absolute Gasteiger partial charge is 0.408 e. The lowest BCUT2D eigenvalue weighted by atomic mass is 9.80. The lowest BCUT2D eigenvalue weighted by Crippen LogP contribution is -2.31. The molecular weight excluding hydrogens is 454 g/mol. The fourth-order valence-corrected chi connectivity index (χ4v) is 5.43. The van der Waals surface area contributed by atoms with Crippen LogP contribution in [0.15, 0.2) is 35.4 Å². The molecule has 3 rings (SSSR count). The van der Waals surface area contributed by atoms with E-state index < -0.39 is 21.3 Å². The van der Waals surface area contributed by atoms with Crippen LogP contribution in [-0.4, -0.2) is 41.2 Å². The van der Waals surface area contributed by atoms with Crippen molar-refractivity contribution in [3.8, 4) is 0 Å². The Bertz CT molecular complexity index is 1200. The molecule has 1 atom stereocenters. The van der Waals surface area contributed by atoms with Crippen LogP contribution in [-0.2, 0) is 28.3 Å². The second-order valence-corrected chi connectivity index (χ2v) is 12.3. The van der Waals surface area contributed by atoms with E-state index in [4.69, 9.17) is 0 Å². The van der Waals surface area contributed by atoms with Crippen molar-refractivity contribution in [2.24, 2.45) is 5.92 Å². The summed E-state index contributed by atoms with van der Waals surface area (Å²) in [6, 6.07) is 6.11. The Morgan fingerprint density at radius 2 is 1.82 bits per heavy atom. The summed E-state index contributed by atoms with van der Waals surface area (Å²) in [6.45, 7) is 11.9. The molecule has 0 radical (unpaired) electrons. The number of carbonyl (C=O) groups is 2. The van der Waals surface area contributed by atoms with Crippen molar-refractivity contribution in [3.05, 3.63) is 58.4 Å². The molecule has 2 heterocycles. The number of nitrogens with zero attached hydrogens (tertiary/aromatic N) is 2. The molecule has 1 aliphatic rings. The van der Waals surface area contributed by atoms with Crippen molar-refractivity contribution >= 4 is 21.8 Å². The quantitative estimate of drug-likeness (QED) is 0.628. The molecule has 0 bridgehead atoms. The number of hydrogen-bond donors (Lipinski definition) is 2. The van der Waals surface area contributed by atoms with Gasteiger partial charge in [0.25, 0.3) is 5.91 Å². The molecule has 0 aliphatic carbocycles. The first kappa shape index (κ1) is 25.7. The van der Waals surface area contributed by atoms with Gasteiger partial charge in [-0.3, -0.25) is 14.7 Å². The van der Waals surface area contributed by atoms with E-state index in [1.54, 1.807) is 37.4 Å². The van der Waals surface area contributed by atoms with E-state index in [1.807, 2.05) is 34.6 Å². The van der Waals surface area contributed by atoms with Gasteiger partial charge in [-0.1, -0.05) is 53.7 Å². The molecule has 0 saturated heterocycles. The largest absolute Gasteiger partial charge is 0.465 e. The molecule has 0 fully saturated rings. The summed E-state index contributed by atoms with van der Waals surface area (Å²) < 4.78 is 24.0. The highest BCUT2D eigenvalue weighted by Gasteiger charge is 2.41. The van der Waals surface area contributed by atoms with Crippen LogP contribution in [0.4, 0.5) is 4.79 Å². The van der Waals surface area contributed by atoms with E-state index in [1.165, 1.54) is 4.90 Å². The maximum Gasteiger partial charge on any atom is 0.408 e. The molecule has 0 saturated carbocycles. The summed E-state index contributed by atoms with van der Waals surface area (Å²) >= 11 is 0. The second kappa shape index (κ2) is 9.37. The molecule has 8 nitrogen and oxygen atoms in total. The zero-order valence-electron chi connectivity index (χ0n) is 20.5. The van der Waals surface area contributed by atoms with Gasteiger partial charge in [-0.25, -0.2) is 13.2 Å². The molecule has 1 aromatic heterocycles. The predicted octanol–water partition coefficient (Wildman–Crippen LogP) is 4.29. The highest BCUT2D eigenvalue weighted by molar-refractivity contribution is 7.91. The van der Waals surface area contributed by atoms with E-state index in [9.17, 15) is 23.1 Å². The van der Waals surface area contributed by atoms with Crippen molar-refractivity contribution in [3.63, 3.8) is 0 Å². The Labute approximate surface area is 201 Å². The standard InChI is InChI=1S/C25H33N3O5S/c1-7-34(32,33)17-10-8-16(9-11-17)12-27-23(29)18-13-26-21-19(20(18)25(4,5)6)14-28(24(30)31)22(21)15(2)3/h8-11,13,15,22H,7,12,14H2,1-6H3,(H,27,29)(H,30,31)/t22-/m0/s1. The molecule has 184 valence electrons. The molecule has 2 amide bonds. The zero-order valence-corrected chi connectivity index (χ0v) is 21.4. The van der Waals surface area contributed by atoms with Gasteiger partial charge in [0.2, 0.25) is 0 Å². The van der Waals surface area contributed by atoms with E-state index in [-0.39, 0.29) is 41.6 Å². The molecule has 0 spiro atoms. The van der Waals surface area contributed by atoms with Crippen LogP contribution in [0.1, 0.15) is 80.3 Å². The average molecular weight is 488 g/mol. The third-order valence-corrected chi connectivity index (χ3v) is 7.90. The molecule has 2 aromatic rings. The average Bonchev–Trinajstić information content (AvgIpc) is 3.16. The number of rotatable bonds is 6. The Balaban J connectivity index is 1.91. The highest BCUT2D eigenvalue weighted by Crippen LogP contribution is 2.42. The summed E-state index contributed by atoms with van der Waals surface area (Å²) in [4.78, 5) is 31.3. The number of sulfone groups is 1. The number of fused-ring (bicyclic) bond motifs is 1. The summed E-state index contributed by atoms with van der Waals surface area (Å²) in [6.07, 6.45) is 0.544. The Morgan fingerprint density at radius 3 is 2.32 bits per heavy atom. The number of amides is 2. The van der Waals surface area contributed by atoms with Crippen LogP contribution in [0.2, 0.25) is 0 Å². The summed E-state index contributed by atoms with van der Waals surface area (Å²) in [7, 11) is -3.28. The van der Waals surface area contributed by atoms with Gasteiger partial charge in [0.05, 0.1) is 34.5 Å². The third kappa shape index (κ3) is 4.94. The van der Waals surface area contributed by atoms with Crippen molar-refractivity contribution in [2.75, 3.05) is 5.75 Å². The molecule has 34 heavy (non-hydrogen) atoms. The minimum Gasteiger partial charge on any atom is -0.465 e. The van der Waals surface area contributed by atoms with Crippen molar-refractivity contribution < 1.29 is 23.1 Å². The van der Waals surface area contributed by atoms with Crippen LogP contribution in [0.25, 0.3) is 0 Å². The predicted molar refractivity (Wildman–Crippen MR) is 129 cm³/mol. The van der Waals surface area contributed by atoms with Gasteiger partial charge >= 0.3 is 6.09 Å². The summed E-state index contributed by atoms with van der Waals surface area (Å²) in [5, 5.41) is 12.7. The van der Waals surface area contributed by atoms with Gasteiger partial charge in [-0.15, -0.1) is 0 Å². The first-order valence-electron chi connectivity index (χ1n) is 11.4. The summed E-state index contributed by atoms with van der Waals surface area (Å²) in [5.41, 5.74) is 3.10. The van der Waals surface area contributed by atoms with E-state index in [2.05, 4.69) is 10.3 Å². The van der Waals surface area contributed by atoms with Gasteiger partial charge in [0.15, 0.2) is 9.84 Å². The number of benzene rings is 1.